The number of carbonyl (C=O) groups is 2. The Labute approximate surface area is 158 Å². The van der Waals surface area contributed by atoms with E-state index < -0.39 is 0 Å². The van der Waals surface area contributed by atoms with E-state index in [9.17, 15) is 14.7 Å². The van der Waals surface area contributed by atoms with E-state index in [-0.39, 0.29) is 17.6 Å². The van der Waals surface area contributed by atoms with E-state index in [4.69, 9.17) is 0 Å². The molecule has 2 aromatic rings. The van der Waals surface area contributed by atoms with Gasteiger partial charge in [0, 0.05) is 44.5 Å². The van der Waals surface area contributed by atoms with E-state index in [2.05, 4.69) is 20.4 Å². The second-order valence-electron chi connectivity index (χ2n) is 6.46. The molecule has 1 heterocycles. The Bertz CT molecular complexity index is 816. The van der Waals surface area contributed by atoms with Gasteiger partial charge in [-0.25, -0.2) is 0 Å². The van der Waals surface area contributed by atoms with Crippen molar-refractivity contribution >= 4 is 23.2 Å². The summed E-state index contributed by atoms with van der Waals surface area (Å²) in [6.07, 6.45) is 0. The topological polar surface area (TPSA) is 84.9 Å². The molecule has 0 atom stereocenters. The lowest BCUT2D eigenvalue weighted by Gasteiger charge is -2.35. The lowest BCUT2D eigenvalue weighted by atomic mass is 10.2. The number of carbonyl (C=O) groups excluding carboxylic acids is 2. The van der Waals surface area contributed by atoms with Gasteiger partial charge in [-0.2, -0.15) is 0 Å². The first-order chi connectivity index (χ1) is 13.1. The maximum atomic E-state index is 12.3. The molecular weight excluding hydrogens is 344 g/mol. The molecule has 2 amide bonds. The fraction of sp³-hybridized carbons (Fsp3) is 0.300. The highest BCUT2D eigenvalue weighted by Crippen LogP contribution is 2.27. The Hall–Kier alpha value is -3.06. The number of hydrogen-bond acceptors (Lipinski definition) is 5. The number of rotatable bonds is 5. The van der Waals surface area contributed by atoms with Gasteiger partial charge < -0.3 is 20.6 Å². The van der Waals surface area contributed by atoms with Crippen LogP contribution in [0.5, 0.6) is 5.75 Å². The molecule has 2 aromatic carbocycles. The molecule has 0 spiro atoms. The van der Waals surface area contributed by atoms with Crippen LogP contribution in [0.15, 0.2) is 48.5 Å². The maximum Gasteiger partial charge on any atom is 0.251 e. The van der Waals surface area contributed by atoms with Crippen molar-refractivity contribution in [2.75, 3.05) is 50.0 Å². The zero-order valence-corrected chi connectivity index (χ0v) is 15.3. The van der Waals surface area contributed by atoms with Crippen LogP contribution in [0.25, 0.3) is 0 Å². The van der Waals surface area contributed by atoms with Gasteiger partial charge in [0.05, 0.1) is 12.2 Å². The second-order valence-corrected chi connectivity index (χ2v) is 6.46. The van der Waals surface area contributed by atoms with Crippen molar-refractivity contribution in [2.24, 2.45) is 0 Å². The minimum Gasteiger partial charge on any atom is -0.506 e. The molecule has 7 nitrogen and oxygen atoms in total. The zero-order valence-electron chi connectivity index (χ0n) is 15.3. The second kappa shape index (κ2) is 8.55. The number of phenolic OH excluding ortho intramolecular Hbond substituents is 1. The standard InChI is InChI=1S/C20H24N4O3/c1-21-20(27)15-5-4-6-16(13-15)22-19(26)14-23-9-11-24(12-10-23)17-7-2-3-8-18(17)25/h2-8,13,25H,9-12,14H2,1H3,(H,21,27)(H,22,26). The molecule has 0 unspecified atom stereocenters. The summed E-state index contributed by atoms with van der Waals surface area (Å²) in [4.78, 5) is 28.2. The average molecular weight is 368 g/mol. The van der Waals surface area contributed by atoms with Crippen molar-refractivity contribution in [3.8, 4) is 5.75 Å². The number of amides is 2. The van der Waals surface area contributed by atoms with Gasteiger partial charge in [-0.05, 0) is 30.3 Å². The quantitative estimate of drug-likeness (QED) is 0.745. The molecule has 1 aliphatic heterocycles. The lowest BCUT2D eigenvalue weighted by molar-refractivity contribution is -0.117. The van der Waals surface area contributed by atoms with Crippen molar-refractivity contribution in [3.63, 3.8) is 0 Å². The van der Waals surface area contributed by atoms with Crippen molar-refractivity contribution in [3.05, 3.63) is 54.1 Å². The lowest BCUT2D eigenvalue weighted by Crippen LogP contribution is -2.48. The number of para-hydroxylation sites is 2. The van der Waals surface area contributed by atoms with Gasteiger partial charge in [-0.3, -0.25) is 14.5 Å². The Morgan fingerprint density at radius 2 is 1.78 bits per heavy atom. The smallest absolute Gasteiger partial charge is 0.251 e. The predicted octanol–water partition coefficient (Wildman–Crippen LogP) is 1.51. The zero-order chi connectivity index (χ0) is 19.2. The minimum atomic E-state index is -0.189. The summed E-state index contributed by atoms with van der Waals surface area (Å²) in [5.41, 5.74) is 1.94. The number of anilines is 2. The van der Waals surface area contributed by atoms with Gasteiger partial charge in [0.1, 0.15) is 5.75 Å². The number of piperazine rings is 1. The summed E-state index contributed by atoms with van der Waals surface area (Å²) >= 11 is 0. The number of hydrogen-bond donors (Lipinski definition) is 3. The van der Waals surface area contributed by atoms with Crippen molar-refractivity contribution in [1.82, 2.24) is 10.2 Å². The predicted molar refractivity (Wildman–Crippen MR) is 105 cm³/mol. The van der Waals surface area contributed by atoms with E-state index in [1.807, 2.05) is 12.1 Å². The van der Waals surface area contributed by atoms with Crippen LogP contribution in [-0.4, -0.2) is 61.6 Å². The van der Waals surface area contributed by atoms with E-state index in [0.29, 0.717) is 17.8 Å². The molecule has 0 aromatic heterocycles. The SMILES string of the molecule is CNC(=O)c1cccc(NC(=O)CN2CCN(c3ccccc3O)CC2)c1. The summed E-state index contributed by atoms with van der Waals surface area (Å²) in [7, 11) is 1.57. The molecule has 0 saturated carbocycles. The van der Waals surface area contributed by atoms with Gasteiger partial charge in [-0.1, -0.05) is 18.2 Å². The highest BCUT2D eigenvalue weighted by atomic mass is 16.3. The molecule has 3 N–H and O–H groups in total. The number of nitrogens with zero attached hydrogens (tertiary/aromatic N) is 2. The third-order valence-corrected chi connectivity index (χ3v) is 4.60. The Kier molecular flexibility index (Phi) is 5.93. The third kappa shape index (κ3) is 4.77. The number of benzene rings is 2. The summed E-state index contributed by atoms with van der Waals surface area (Å²) in [5.74, 6) is -0.0221. The highest BCUT2D eigenvalue weighted by molar-refractivity contribution is 5.97. The average Bonchev–Trinajstić information content (AvgIpc) is 2.68. The van der Waals surface area contributed by atoms with Gasteiger partial charge in [0.25, 0.3) is 5.91 Å². The molecule has 0 bridgehead atoms. The molecule has 1 fully saturated rings. The minimum absolute atomic E-state index is 0.111. The number of phenols is 1. The third-order valence-electron chi connectivity index (χ3n) is 4.60. The van der Waals surface area contributed by atoms with Crippen LogP contribution in [0.4, 0.5) is 11.4 Å². The Morgan fingerprint density at radius 3 is 2.48 bits per heavy atom. The van der Waals surface area contributed by atoms with Gasteiger partial charge in [0.2, 0.25) is 5.91 Å². The fourth-order valence-electron chi connectivity index (χ4n) is 3.16. The van der Waals surface area contributed by atoms with Crippen LogP contribution in [-0.2, 0) is 4.79 Å². The van der Waals surface area contributed by atoms with Crippen molar-refractivity contribution < 1.29 is 14.7 Å². The molecule has 142 valence electrons. The van der Waals surface area contributed by atoms with Crippen molar-refractivity contribution in [1.29, 1.82) is 0 Å². The summed E-state index contributed by atoms with van der Waals surface area (Å²) in [5, 5.41) is 15.4. The normalized spacial score (nSPS) is 14.6. The van der Waals surface area contributed by atoms with Crippen LogP contribution in [0.3, 0.4) is 0 Å². The molecule has 3 rings (SSSR count). The number of nitrogens with one attached hydrogen (secondary N) is 2. The molecular formula is C20H24N4O3. The Morgan fingerprint density at radius 1 is 1.04 bits per heavy atom. The van der Waals surface area contributed by atoms with Crippen LogP contribution in [0, 0.1) is 0 Å². The first-order valence-electron chi connectivity index (χ1n) is 8.94. The molecule has 1 saturated heterocycles. The van der Waals surface area contributed by atoms with Gasteiger partial charge in [0.15, 0.2) is 0 Å². The van der Waals surface area contributed by atoms with Crippen molar-refractivity contribution in [2.45, 2.75) is 0 Å². The maximum absolute atomic E-state index is 12.3. The van der Waals surface area contributed by atoms with E-state index >= 15 is 0 Å². The van der Waals surface area contributed by atoms with Crippen LogP contribution < -0.4 is 15.5 Å². The molecule has 1 aliphatic rings. The number of aromatic hydroxyl groups is 1. The molecule has 0 aliphatic carbocycles. The van der Waals surface area contributed by atoms with Crippen LogP contribution in [0.2, 0.25) is 0 Å². The molecule has 7 heteroatoms. The summed E-state index contributed by atoms with van der Waals surface area (Å²) in [6, 6.07) is 14.2. The van der Waals surface area contributed by atoms with E-state index in [1.54, 1.807) is 43.4 Å². The van der Waals surface area contributed by atoms with Gasteiger partial charge in [-0.15, -0.1) is 0 Å². The fourth-order valence-corrected chi connectivity index (χ4v) is 3.16. The molecule has 0 radical (unpaired) electrons. The van der Waals surface area contributed by atoms with E-state index in [0.717, 1.165) is 31.9 Å². The Balaban J connectivity index is 1.51. The highest BCUT2D eigenvalue weighted by Gasteiger charge is 2.20. The largest absolute Gasteiger partial charge is 0.506 e. The first-order valence-corrected chi connectivity index (χ1v) is 8.94. The van der Waals surface area contributed by atoms with Crippen LogP contribution >= 0.6 is 0 Å². The van der Waals surface area contributed by atoms with Gasteiger partial charge >= 0.3 is 0 Å². The monoisotopic (exact) mass is 368 g/mol. The first kappa shape index (κ1) is 18.7. The van der Waals surface area contributed by atoms with Crippen LogP contribution in [0.1, 0.15) is 10.4 Å². The molecule has 27 heavy (non-hydrogen) atoms. The summed E-state index contributed by atoms with van der Waals surface area (Å²) < 4.78 is 0. The summed E-state index contributed by atoms with van der Waals surface area (Å²) in [6.45, 7) is 3.26. The van der Waals surface area contributed by atoms with E-state index in [1.165, 1.54) is 0 Å².